The summed E-state index contributed by atoms with van der Waals surface area (Å²) in [4.78, 5) is 19.3. The second-order valence-electron chi connectivity index (χ2n) is 7.67. The molecule has 0 spiro atoms. The van der Waals surface area contributed by atoms with Gasteiger partial charge in [0.15, 0.2) is 0 Å². The van der Waals surface area contributed by atoms with Gasteiger partial charge in [-0.2, -0.15) is 0 Å². The molecule has 0 saturated carbocycles. The zero-order valence-electron chi connectivity index (χ0n) is 17.1. The fourth-order valence-corrected chi connectivity index (χ4v) is 4.15. The molecule has 0 radical (unpaired) electrons. The largest absolute Gasteiger partial charge is 0.495 e. The van der Waals surface area contributed by atoms with E-state index >= 15 is 0 Å². The number of hydrogen-bond donors (Lipinski definition) is 1. The van der Waals surface area contributed by atoms with Crippen LogP contribution in [0.1, 0.15) is 19.3 Å². The number of para-hydroxylation sites is 2. The van der Waals surface area contributed by atoms with Crippen molar-refractivity contribution in [3.63, 3.8) is 0 Å². The molecule has 0 aliphatic carbocycles. The Morgan fingerprint density at radius 3 is 2.21 bits per heavy atom. The zero-order valence-corrected chi connectivity index (χ0v) is 17.1. The Labute approximate surface area is 173 Å². The first kappa shape index (κ1) is 19.4. The lowest BCUT2D eigenvalue weighted by Gasteiger charge is -2.36. The summed E-state index contributed by atoms with van der Waals surface area (Å²) in [6.07, 6.45) is 3.85. The predicted octanol–water partition coefficient (Wildman–Crippen LogP) is 4.04. The number of nitrogens with one attached hydrogen (secondary N) is 1. The van der Waals surface area contributed by atoms with Crippen molar-refractivity contribution in [2.75, 3.05) is 61.5 Å². The normalized spacial score (nSPS) is 17.2. The molecule has 0 unspecified atom stereocenters. The van der Waals surface area contributed by atoms with Crippen molar-refractivity contribution in [1.29, 1.82) is 0 Å². The van der Waals surface area contributed by atoms with Gasteiger partial charge in [0.05, 0.1) is 12.8 Å². The van der Waals surface area contributed by atoms with Gasteiger partial charge in [-0.25, -0.2) is 4.79 Å². The number of ether oxygens (including phenoxy) is 1. The van der Waals surface area contributed by atoms with Crippen LogP contribution >= 0.6 is 0 Å². The molecule has 2 saturated heterocycles. The van der Waals surface area contributed by atoms with E-state index in [4.69, 9.17) is 4.74 Å². The average Bonchev–Trinajstić information content (AvgIpc) is 2.80. The van der Waals surface area contributed by atoms with E-state index in [9.17, 15) is 4.79 Å². The number of urea groups is 1. The molecule has 4 rings (SSSR count). The number of hydrogen-bond acceptors (Lipinski definition) is 4. The van der Waals surface area contributed by atoms with Gasteiger partial charge in [-0.05, 0) is 55.7 Å². The average molecular weight is 395 g/mol. The Bertz CT molecular complexity index is 810. The van der Waals surface area contributed by atoms with E-state index in [0.29, 0.717) is 13.1 Å². The van der Waals surface area contributed by atoms with Crippen molar-refractivity contribution in [1.82, 2.24) is 4.90 Å². The summed E-state index contributed by atoms with van der Waals surface area (Å²) in [5.41, 5.74) is 3.18. The molecule has 0 aromatic heterocycles. The Balaban J connectivity index is 1.30. The molecule has 2 fully saturated rings. The highest BCUT2D eigenvalue weighted by Gasteiger charge is 2.23. The van der Waals surface area contributed by atoms with Gasteiger partial charge >= 0.3 is 6.03 Å². The third-order valence-electron chi connectivity index (χ3n) is 5.83. The Kier molecular flexibility index (Phi) is 6.08. The zero-order chi connectivity index (χ0) is 20.1. The van der Waals surface area contributed by atoms with Gasteiger partial charge in [-0.3, -0.25) is 0 Å². The summed E-state index contributed by atoms with van der Waals surface area (Å²) >= 11 is 0. The highest BCUT2D eigenvalue weighted by atomic mass is 16.5. The van der Waals surface area contributed by atoms with E-state index in [1.54, 1.807) is 7.11 Å². The van der Waals surface area contributed by atoms with Gasteiger partial charge in [0.2, 0.25) is 0 Å². The van der Waals surface area contributed by atoms with E-state index in [0.717, 1.165) is 43.3 Å². The minimum Gasteiger partial charge on any atom is -0.495 e. The van der Waals surface area contributed by atoms with Crippen molar-refractivity contribution in [3.8, 4) is 5.75 Å². The van der Waals surface area contributed by atoms with Crippen LogP contribution in [0.4, 0.5) is 21.9 Å². The van der Waals surface area contributed by atoms with Crippen molar-refractivity contribution in [2.24, 2.45) is 0 Å². The lowest BCUT2D eigenvalue weighted by molar-refractivity contribution is 0.208. The Morgan fingerprint density at radius 1 is 0.828 bits per heavy atom. The van der Waals surface area contributed by atoms with Gasteiger partial charge in [0.1, 0.15) is 5.75 Å². The van der Waals surface area contributed by atoms with Crippen LogP contribution in [0.15, 0.2) is 48.5 Å². The van der Waals surface area contributed by atoms with E-state index < -0.39 is 0 Å². The topological polar surface area (TPSA) is 48.1 Å². The smallest absolute Gasteiger partial charge is 0.321 e. The van der Waals surface area contributed by atoms with Gasteiger partial charge in [-0.15, -0.1) is 0 Å². The minimum absolute atomic E-state index is 0.0320. The predicted molar refractivity (Wildman–Crippen MR) is 118 cm³/mol. The number of anilines is 3. The first-order chi connectivity index (χ1) is 14.2. The monoisotopic (exact) mass is 394 g/mol. The Morgan fingerprint density at radius 2 is 1.52 bits per heavy atom. The molecule has 1 N–H and O–H groups in total. The molecule has 2 aromatic rings. The van der Waals surface area contributed by atoms with Gasteiger partial charge in [-0.1, -0.05) is 12.1 Å². The highest BCUT2D eigenvalue weighted by molar-refractivity contribution is 5.89. The standard InChI is InChI=1S/C23H30N4O2/c1-29-22-8-4-3-7-21(22)26-15-17-27(18-16-26)23(28)24-19-9-11-20(12-10-19)25-13-5-2-6-14-25/h3-4,7-12H,2,5-6,13-18H2,1H3,(H,24,28). The second kappa shape index (κ2) is 9.07. The summed E-state index contributed by atoms with van der Waals surface area (Å²) in [5, 5.41) is 3.04. The number of piperidine rings is 1. The molecule has 154 valence electrons. The van der Waals surface area contributed by atoms with Crippen LogP contribution in [0.2, 0.25) is 0 Å². The van der Waals surface area contributed by atoms with Gasteiger partial charge in [0.25, 0.3) is 0 Å². The lowest BCUT2D eigenvalue weighted by Crippen LogP contribution is -2.50. The molecular weight excluding hydrogens is 364 g/mol. The van der Waals surface area contributed by atoms with Gasteiger partial charge in [0, 0.05) is 50.6 Å². The number of benzene rings is 2. The molecule has 2 aliphatic heterocycles. The molecule has 2 aromatic carbocycles. The van der Waals surface area contributed by atoms with E-state index in [1.807, 2.05) is 35.2 Å². The molecule has 2 heterocycles. The maximum absolute atomic E-state index is 12.7. The third kappa shape index (κ3) is 4.58. The maximum Gasteiger partial charge on any atom is 0.321 e. The summed E-state index contributed by atoms with van der Waals surface area (Å²) in [7, 11) is 1.69. The number of amides is 2. The summed E-state index contributed by atoms with van der Waals surface area (Å²) in [5.74, 6) is 0.874. The van der Waals surface area contributed by atoms with Crippen molar-refractivity contribution < 1.29 is 9.53 Å². The molecule has 0 bridgehead atoms. The fourth-order valence-electron chi connectivity index (χ4n) is 4.15. The molecule has 2 amide bonds. The van der Waals surface area contributed by atoms with Crippen LogP contribution < -0.4 is 19.9 Å². The lowest BCUT2D eigenvalue weighted by atomic mass is 10.1. The van der Waals surface area contributed by atoms with Crippen LogP contribution in [-0.2, 0) is 0 Å². The van der Waals surface area contributed by atoms with Crippen LogP contribution in [0.5, 0.6) is 5.75 Å². The van der Waals surface area contributed by atoms with Crippen LogP contribution in [-0.4, -0.2) is 57.3 Å². The fraction of sp³-hybridized carbons (Fsp3) is 0.435. The van der Waals surface area contributed by atoms with Crippen LogP contribution in [0, 0.1) is 0 Å². The van der Waals surface area contributed by atoms with Crippen LogP contribution in [0.25, 0.3) is 0 Å². The van der Waals surface area contributed by atoms with Crippen molar-refractivity contribution in [2.45, 2.75) is 19.3 Å². The summed E-state index contributed by atoms with van der Waals surface area (Å²) < 4.78 is 5.47. The molecular formula is C23H30N4O2. The van der Waals surface area contributed by atoms with E-state index in [-0.39, 0.29) is 6.03 Å². The second-order valence-corrected chi connectivity index (χ2v) is 7.67. The van der Waals surface area contributed by atoms with E-state index in [1.165, 1.54) is 24.9 Å². The summed E-state index contributed by atoms with van der Waals surface area (Å²) in [6, 6.07) is 16.2. The van der Waals surface area contributed by atoms with Crippen LogP contribution in [0.3, 0.4) is 0 Å². The Hall–Kier alpha value is -2.89. The molecule has 6 heteroatoms. The molecule has 2 aliphatic rings. The summed E-state index contributed by atoms with van der Waals surface area (Å²) in [6.45, 7) is 5.22. The van der Waals surface area contributed by atoms with Gasteiger partial charge < -0.3 is 24.8 Å². The van der Waals surface area contributed by atoms with Crippen molar-refractivity contribution in [3.05, 3.63) is 48.5 Å². The minimum atomic E-state index is -0.0320. The number of carbonyl (C=O) groups excluding carboxylic acids is 1. The SMILES string of the molecule is COc1ccccc1N1CCN(C(=O)Nc2ccc(N3CCCCC3)cc2)CC1. The number of piperazine rings is 1. The number of methoxy groups -OCH3 is 1. The highest BCUT2D eigenvalue weighted by Crippen LogP contribution is 2.28. The number of carbonyl (C=O) groups is 1. The first-order valence-corrected chi connectivity index (χ1v) is 10.5. The van der Waals surface area contributed by atoms with Crippen molar-refractivity contribution >= 4 is 23.1 Å². The molecule has 29 heavy (non-hydrogen) atoms. The first-order valence-electron chi connectivity index (χ1n) is 10.5. The third-order valence-corrected chi connectivity index (χ3v) is 5.83. The number of rotatable bonds is 4. The number of nitrogens with zero attached hydrogens (tertiary/aromatic N) is 3. The maximum atomic E-state index is 12.7. The molecule has 0 atom stereocenters. The molecule has 6 nitrogen and oxygen atoms in total. The quantitative estimate of drug-likeness (QED) is 0.850. The van der Waals surface area contributed by atoms with E-state index in [2.05, 4.69) is 33.3 Å².